The monoisotopic (exact) mass is 441 g/mol. The molecule has 0 saturated carbocycles. The van der Waals surface area contributed by atoms with Crippen molar-refractivity contribution in [2.24, 2.45) is 0 Å². The van der Waals surface area contributed by atoms with Crippen LogP contribution in [0.4, 0.5) is 0 Å². The molecule has 1 aliphatic rings. The second-order valence-corrected chi connectivity index (χ2v) is 10.9. The summed E-state index contributed by atoms with van der Waals surface area (Å²) < 4.78 is 27.1. The number of sulfonamides is 1. The summed E-state index contributed by atoms with van der Waals surface area (Å²) in [4.78, 5) is 27.5. The number of piperazine rings is 1. The van der Waals surface area contributed by atoms with Gasteiger partial charge in [-0.25, -0.2) is 8.42 Å². The molecule has 0 aromatic carbocycles. The number of thiophene rings is 2. The van der Waals surface area contributed by atoms with Crippen molar-refractivity contribution in [3.8, 4) is 0 Å². The van der Waals surface area contributed by atoms with E-state index in [1.807, 2.05) is 18.4 Å². The van der Waals surface area contributed by atoms with E-state index in [2.05, 4.69) is 5.32 Å². The summed E-state index contributed by atoms with van der Waals surface area (Å²) in [5, 5.41) is 4.65. The Kier molecular flexibility index (Phi) is 6.86. The van der Waals surface area contributed by atoms with Gasteiger partial charge in [0.2, 0.25) is 5.91 Å². The Morgan fingerprint density at radius 1 is 1.14 bits per heavy atom. The van der Waals surface area contributed by atoms with E-state index in [4.69, 9.17) is 0 Å². The molecule has 152 valence electrons. The zero-order valence-corrected chi connectivity index (χ0v) is 18.0. The van der Waals surface area contributed by atoms with Gasteiger partial charge in [-0.1, -0.05) is 6.07 Å². The third-order valence-corrected chi connectivity index (χ3v) is 8.73. The number of nitrogens with one attached hydrogen (secondary N) is 1. The quantitative estimate of drug-likeness (QED) is 0.667. The van der Waals surface area contributed by atoms with Crippen molar-refractivity contribution in [1.82, 2.24) is 14.5 Å². The number of carbonyl (C=O) groups excluding carboxylic acids is 2. The lowest BCUT2D eigenvalue weighted by molar-refractivity contribution is -0.132. The Morgan fingerprint density at radius 3 is 2.50 bits per heavy atom. The minimum atomic E-state index is -3.47. The molecule has 28 heavy (non-hydrogen) atoms. The van der Waals surface area contributed by atoms with Crippen LogP contribution in [0.3, 0.4) is 0 Å². The molecule has 2 aromatic rings. The summed E-state index contributed by atoms with van der Waals surface area (Å²) >= 11 is 2.65. The average molecular weight is 442 g/mol. The number of carbonyl (C=O) groups is 2. The minimum absolute atomic E-state index is 0.00520. The summed E-state index contributed by atoms with van der Waals surface area (Å²) in [6.45, 7) is 3.71. The van der Waals surface area contributed by atoms with E-state index in [9.17, 15) is 18.0 Å². The topological polar surface area (TPSA) is 86.8 Å². The van der Waals surface area contributed by atoms with Gasteiger partial charge in [0.05, 0.1) is 4.88 Å². The van der Waals surface area contributed by atoms with Crippen LogP contribution in [-0.2, 0) is 14.8 Å². The van der Waals surface area contributed by atoms with Crippen molar-refractivity contribution >= 4 is 44.5 Å². The lowest BCUT2D eigenvalue weighted by Crippen LogP contribution is -2.50. The number of aryl methyl sites for hydroxylation is 1. The summed E-state index contributed by atoms with van der Waals surface area (Å²) in [7, 11) is -3.47. The molecule has 1 saturated heterocycles. The Hall–Kier alpha value is -1.75. The Labute approximate surface area is 173 Å². The molecule has 3 rings (SSSR count). The molecule has 0 spiro atoms. The zero-order chi connectivity index (χ0) is 20.1. The molecule has 0 unspecified atom stereocenters. The third kappa shape index (κ3) is 4.99. The molecule has 2 aromatic heterocycles. The number of rotatable bonds is 7. The molecule has 0 radical (unpaired) electrons. The van der Waals surface area contributed by atoms with Crippen molar-refractivity contribution in [1.29, 1.82) is 0 Å². The molecule has 1 N–H and O–H groups in total. The first kappa shape index (κ1) is 21.0. The first-order chi connectivity index (χ1) is 13.4. The predicted molar refractivity (Wildman–Crippen MR) is 110 cm³/mol. The summed E-state index contributed by atoms with van der Waals surface area (Å²) in [6.07, 6.45) is 0.893. The van der Waals surface area contributed by atoms with Crippen LogP contribution in [0.25, 0.3) is 0 Å². The van der Waals surface area contributed by atoms with Crippen LogP contribution in [0.2, 0.25) is 0 Å². The fraction of sp³-hybridized carbons (Fsp3) is 0.444. The second-order valence-electron chi connectivity index (χ2n) is 6.49. The van der Waals surface area contributed by atoms with Gasteiger partial charge in [-0.2, -0.15) is 4.31 Å². The van der Waals surface area contributed by atoms with Crippen molar-refractivity contribution in [3.05, 3.63) is 39.4 Å². The Balaban J connectivity index is 1.41. The number of hydrogen-bond donors (Lipinski definition) is 1. The predicted octanol–water partition coefficient (Wildman–Crippen LogP) is 2.16. The highest BCUT2D eigenvalue weighted by molar-refractivity contribution is 7.91. The van der Waals surface area contributed by atoms with Crippen LogP contribution in [0.15, 0.2) is 33.9 Å². The van der Waals surface area contributed by atoms with Gasteiger partial charge in [-0.15, -0.1) is 22.7 Å². The Bertz CT molecular complexity index is 914. The van der Waals surface area contributed by atoms with Gasteiger partial charge in [0.25, 0.3) is 15.9 Å². The lowest BCUT2D eigenvalue weighted by atomic mass is 10.2. The number of hydrogen-bond acceptors (Lipinski definition) is 6. The maximum absolute atomic E-state index is 12.6. The molecule has 1 fully saturated rings. The zero-order valence-electron chi connectivity index (χ0n) is 15.6. The van der Waals surface area contributed by atoms with E-state index in [0.717, 1.165) is 4.88 Å². The van der Waals surface area contributed by atoms with Gasteiger partial charge in [0.15, 0.2) is 0 Å². The largest absolute Gasteiger partial charge is 0.351 e. The summed E-state index contributed by atoms with van der Waals surface area (Å²) in [5.41, 5.74) is 0. The average Bonchev–Trinajstić information content (AvgIpc) is 3.37. The van der Waals surface area contributed by atoms with E-state index in [1.165, 1.54) is 27.0 Å². The molecule has 0 bridgehead atoms. The highest BCUT2D eigenvalue weighted by Gasteiger charge is 2.30. The van der Waals surface area contributed by atoms with Crippen LogP contribution < -0.4 is 5.32 Å². The second kappa shape index (κ2) is 9.17. The maximum Gasteiger partial charge on any atom is 0.261 e. The van der Waals surface area contributed by atoms with Crippen LogP contribution in [0.5, 0.6) is 0 Å². The van der Waals surface area contributed by atoms with E-state index in [1.54, 1.807) is 23.1 Å². The molecular weight excluding hydrogens is 418 g/mol. The van der Waals surface area contributed by atoms with Crippen molar-refractivity contribution in [2.45, 2.75) is 24.0 Å². The van der Waals surface area contributed by atoms with Gasteiger partial charge >= 0.3 is 0 Å². The molecule has 1 aliphatic heterocycles. The van der Waals surface area contributed by atoms with E-state index in [-0.39, 0.29) is 11.8 Å². The lowest BCUT2D eigenvalue weighted by Gasteiger charge is -2.33. The fourth-order valence-corrected chi connectivity index (χ4v) is 6.45. The summed E-state index contributed by atoms with van der Waals surface area (Å²) in [5.74, 6) is -0.125. The molecule has 10 heteroatoms. The van der Waals surface area contributed by atoms with E-state index < -0.39 is 10.0 Å². The maximum atomic E-state index is 12.6. The van der Waals surface area contributed by atoms with Gasteiger partial charge < -0.3 is 10.2 Å². The standard InChI is InChI=1S/C18H23N3O4S3/c1-14-6-7-17(27-14)28(24,25)21-11-9-20(10-12-21)16(22)5-2-8-19-18(23)15-4-3-13-26-15/h3-4,6-7,13H,2,5,8-12H2,1H3,(H,19,23). The first-order valence-electron chi connectivity index (χ1n) is 9.04. The van der Waals surface area contributed by atoms with Crippen molar-refractivity contribution in [3.63, 3.8) is 0 Å². The van der Waals surface area contributed by atoms with Gasteiger partial charge in [0, 0.05) is 44.0 Å². The van der Waals surface area contributed by atoms with Crippen LogP contribution in [0.1, 0.15) is 27.4 Å². The molecule has 7 nitrogen and oxygen atoms in total. The Morgan fingerprint density at radius 2 is 1.89 bits per heavy atom. The molecule has 0 aliphatic carbocycles. The molecule has 0 atom stereocenters. The van der Waals surface area contributed by atoms with Gasteiger partial charge in [-0.3, -0.25) is 9.59 Å². The van der Waals surface area contributed by atoms with Crippen LogP contribution in [0, 0.1) is 6.92 Å². The van der Waals surface area contributed by atoms with Crippen LogP contribution >= 0.6 is 22.7 Å². The van der Waals surface area contributed by atoms with Crippen molar-refractivity contribution < 1.29 is 18.0 Å². The third-order valence-electron chi connectivity index (χ3n) is 4.50. The summed E-state index contributed by atoms with van der Waals surface area (Å²) in [6, 6.07) is 7.02. The smallest absolute Gasteiger partial charge is 0.261 e. The normalized spacial score (nSPS) is 15.5. The highest BCUT2D eigenvalue weighted by Crippen LogP contribution is 2.25. The highest BCUT2D eigenvalue weighted by atomic mass is 32.2. The van der Waals surface area contributed by atoms with Crippen LogP contribution in [-0.4, -0.2) is 62.2 Å². The number of nitrogens with zero attached hydrogens (tertiary/aromatic N) is 2. The number of amides is 2. The molecule has 3 heterocycles. The minimum Gasteiger partial charge on any atom is -0.351 e. The van der Waals surface area contributed by atoms with E-state index >= 15 is 0 Å². The SMILES string of the molecule is Cc1ccc(S(=O)(=O)N2CCN(C(=O)CCCNC(=O)c3cccs3)CC2)s1. The molecular formula is C18H23N3O4S3. The van der Waals surface area contributed by atoms with Gasteiger partial charge in [0.1, 0.15) is 4.21 Å². The van der Waals surface area contributed by atoms with E-state index in [0.29, 0.717) is 54.7 Å². The first-order valence-corrected chi connectivity index (χ1v) is 12.2. The van der Waals surface area contributed by atoms with Gasteiger partial charge in [-0.05, 0) is 36.9 Å². The fourth-order valence-electron chi connectivity index (χ4n) is 2.95. The molecule has 2 amide bonds. The van der Waals surface area contributed by atoms with Crippen molar-refractivity contribution in [2.75, 3.05) is 32.7 Å².